The molecule has 6 heteroatoms. The molecule has 1 aromatic heterocycles. The van der Waals surface area contributed by atoms with Crippen LogP contribution in [0.3, 0.4) is 0 Å². The molecule has 0 saturated carbocycles. The van der Waals surface area contributed by atoms with Crippen LogP contribution in [0.15, 0.2) is 47.8 Å². The van der Waals surface area contributed by atoms with Crippen molar-refractivity contribution in [1.29, 1.82) is 0 Å². The van der Waals surface area contributed by atoms with Crippen molar-refractivity contribution in [2.45, 2.75) is 38.5 Å². The van der Waals surface area contributed by atoms with Crippen LogP contribution < -0.4 is 0 Å². The molecule has 2 N–H and O–H groups in total. The molecule has 1 heterocycles. The molecule has 0 fully saturated rings. The summed E-state index contributed by atoms with van der Waals surface area (Å²) in [6.45, 7) is 5.49. The third-order valence-corrected chi connectivity index (χ3v) is 7.72. The van der Waals surface area contributed by atoms with Crippen molar-refractivity contribution in [3.8, 4) is 0 Å². The van der Waals surface area contributed by atoms with Crippen molar-refractivity contribution in [3.63, 3.8) is 0 Å². The van der Waals surface area contributed by atoms with Crippen molar-refractivity contribution >= 4 is 24.7 Å². The number of rotatable bonds is 6. The Hall–Kier alpha value is -1.42. The zero-order valence-corrected chi connectivity index (χ0v) is 15.8. The highest BCUT2D eigenvalue weighted by Gasteiger charge is 2.48. The van der Waals surface area contributed by atoms with E-state index in [9.17, 15) is 19.4 Å². The van der Waals surface area contributed by atoms with E-state index in [1.54, 1.807) is 29.6 Å². The van der Waals surface area contributed by atoms with Crippen LogP contribution in [0.25, 0.3) is 0 Å². The predicted molar refractivity (Wildman–Crippen MR) is 97.9 cm³/mol. The fourth-order valence-corrected chi connectivity index (χ4v) is 7.01. The third-order valence-electron chi connectivity index (χ3n) is 4.01. The van der Waals surface area contributed by atoms with Crippen molar-refractivity contribution in [3.05, 3.63) is 58.3 Å². The van der Waals surface area contributed by atoms with Crippen LogP contribution in [0.2, 0.25) is 0 Å². The molecule has 0 spiro atoms. The Labute approximate surface area is 146 Å². The Morgan fingerprint density at radius 1 is 1.17 bits per heavy atom. The van der Waals surface area contributed by atoms with Gasteiger partial charge in [-0.15, -0.1) is 11.3 Å². The molecule has 0 bridgehead atoms. The summed E-state index contributed by atoms with van der Waals surface area (Å²) in [6, 6.07) is 12.6. The number of hydrogen-bond acceptors (Lipinski definition) is 3. The standard InChI is InChI=1S/C18H23O4PS/c1-18(2,3)16(15(17(19)20)14-10-7-11-24-14)23(21,22)12-13-8-5-4-6-9-13/h4-11,15-16H,12H2,1-3H3,(H,19,20)(H,21,22). The van der Waals surface area contributed by atoms with Crippen molar-refractivity contribution < 1.29 is 19.4 Å². The van der Waals surface area contributed by atoms with Gasteiger partial charge in [-0.25, -0.2) is 0 Å². The lowest BCUT2D eigenvalue weighted by atomic mass is 9.83. The second-order valence-corrected chi connectivity index (χ2v) is 10.4. The first-order valence-electron chi connectivity index (χ1n) is 7.74. The number of hydrogen-bond donors (Lipinski definition) is 2. The van der Waals surface area contributed by atoms with Gasteiger partial charge in [-0.2, -0.15) is 0 Å². The van der Waals surface area contributed by atoms with Gasteiger partial charge in [0.2, 0.25) is 7.37 Å². The van der Waals surface area contributed by atoms with Gasteiger partial charge in [0.15, 0.2) is 0 Å². The highest BCUT2D eigenvalue weighted by Crippen LogP contribution is 2.60. The fourth-order valence-electron chi connectivity index (χ4n) is 3.16. The van der Waals surface area contributed by atoms with E-state index in [0.29, 0.717) is 4.88 Å². The van der Waals surface area contributed by atoms with Crippen LogP contribution in [-0.2, 0) is 15.5 Å². The Bertz CT molecular complexity index is 719. The number of carbonyl (C=O) groups is 1. The van der Waals surface area contributed by atoms with E-state index in [4.69, 9.17) is 0 Å². The summed E-state index contributed by atoms with van der Waals surface area (Å²) in [4.78, 5) is 23.5. The summed E-state index contributed by atoms with van der Waals surface area (Å²) in [5.41, 5.74) is -0.763. The number of carboxylic acids is 1. The molecule has 2 rings (SSSR count). The minimum atomic E-state index is -3.77. The summed E-state index contributed by atoms with van der Waals surface area (Å²) in [5.74, 6) is -2.05. The zero-order chi connectivity index (χ0) is 18.0. The van der Waals surface area contributed by atoms with E-state index < -0.39 is 30.3 Å². The van der Waals surface area contributed by atoms with Gasteiger partial charge in [-0.05, 0) is 22.4 Å². The predicted octanol–water partition coefficient (Wildman–Crippen LogP) is 4.80. The van der Waals surface area contributed by atoms with E-state index in [1.807, 2.05) is 39.0 Å². The largest absolute Gasteiger partial charge is 0.481 e. The molecule has 130 valence electrons. The Kier molecular flexibility index (Phi) is 5.69. The smallest absolute Gasteiger partial charge is 0.312 e. The van der Waals surface area contributed by atoms with E-state index in [1.165, 1.54) is 11.3 Å². The number of benzene rings is 1. The molecule has 2 aromatic rings. The van der Waals surface area contributed by atoms with Crippen molar-refractivity contribution in [2.24, 2.45) is 5.41 Å². The molecule has 0 radical (unpaired) electrons. The molecule has 3 unspecified atom stereocenters. The number of thiophene rings is 1. The Morgan fingerprint density at radius 2 is 1.79 bits per heavy atom. The van der Waals surface area contributed by atoms with Crippen LogP contribution in [-0.4, -0.2) is 21.6 Å². The molecule has 3 atom stereocenters. The van der Waals surface area contributed by atoms with Gasteiger partial charge in [0.05, 0.1) is 5.66 Å². The van der Waals surface area contributed by atoms with Crippen LogP contribution in [0.5, 0.6) is 0 Å². The zero-order valence-electron chi connectivity index (χ0n) is 14.0. The molecule has 0 amide bonds. The lowest BCUT2D eigenvalue weighted by molar-refractivity contribution is -0.139. The highest BCUT2D eigenvalue weighted by molar-refractivity contribution is 7.58. The van der Waals surface area contributed by atoms with Gasteiger partial charge in [-0.3, -0.25) is 9.36 Å². The van der Waals surface area contributed by atoms with E-state index in [2.05, 4.69) is 0 Å². The molecule has 1 aromatic carbocycles. The lowest BCUT2D eigenvalue weighted by Crippen LogP contribution is -2.36. The van der Waals surface area contributed by atoms with Crippen LogP contribution in [0.4, 0.5) is 0 Å². The summed E-state index contributed by atoms with van der Waals surface area (Å²) in [7, 11) is -3.77. The van der Waals surface area contributed by atoms with Gasteiger partial charge in [-0.1, -0.05) is 57.2 Å². The monoisotopic (exact) mass is 366 g/mol. The SMILES string of the molecule is CC(C)(C)C(C(C(=O)O)c1cccs1)P(=O)(O)Cc1ccccc1. The highest BCUT2D eigenvalue weighted by atomic mass is 32.1. The van der Waals surface area contributed by atoms with Crippen LogP contribution in [0.1, 0.15) is 37.1 Å². The topological polar surface area (TPSA) is 74.6 Å². The quantitative estimate of drug-likeness (QED) is 0.720. The maximum Gasteiger partial charge on any atom is 0.312 e. The first kappa shape index (κ1) is 18.9. The van der Waals surface area contributed by atoms with E-state index in [0.717, 1.165) is 5.56 Å². The summed E-state index contributed by atoms with van der Waals surface area (Å²) < 4.78 is 13.3. The molecule has 24 heavy (non-hydrogen) atoms. The third kappa shape index (κ3) is 4.35. The summed E-state index contributed by atoms with van der Waals surface area (Å²) in [5, 5.41) is 11.6. The molecule has 4 nitrogen and oxygen atoms in total. The maximum atomic E-state index is 13.3. The normalized spacial score (nSPS) is 17.0. The fraction of sp³-hybridized carbons (Fsp3) is 0.389. The van der Waals surface area contributed by atoms with Crippen molar-refractivity contribution in [2.75, 3.05) is 0 Å². The van der Waals surface area contributed by atoms with E-state index >= 15 is 0 Å². The molecule has 0 aliphatic heterocycles. The van der Waals surface area contributed by atoms with Crippen LogP contribution in [0, 0.1) is 5.41 Å². The van der Waals surface area contributed by atoms with Gasteiger partial charge in [0.25, 0.3) is 0 Å². The molecular formula is C18H23O4PS. The van der Waals surface area contributed by atoms with Crippen LogP contribution >= 0.6 is 18.7 Å². The average molecular weight is 366 g/mol. The van der Waals surface area contributed by atoms with Gasteiger partial charge >= 0.3 is 5.97 Å². The summed E-state index contributed by atoms with van der Waals surface area (Å²) in [6.07, 6.45) is -0.0229. The van der Waals surface area contributed by atoms with Crippen molar-refractivity contribution in [1.82, 2.24) is 0 Å². The summed E-state index contributed by atoms with van der Waals surface area (Å²) >= 11 is 1.31. The van der Waals surface area contributed by atoms with E-state index in [-0.39, 0.29) is 6.16 Å². The lowest BCUT2D eigenvalue weighted by Gasteiger charge is -2.37. The maximum absolute atomic E-state index is 13.3. The second-order valence-electron chi connectivity index (χ2n) is 7.04. The first-order valence-corrected chi connectivity index (χ1v) is 10.5. The average Bonchev–Trinajstić information content (AvgIpc) is 2.96. The van der Waals surface area contributed by atoms with Gasteiger partial charge < -0.3 is 10.00 Å². The molecule has 0 saturated heterocycles. The minimum absolute atomic E-state index is 0.0229. The number of aliphatic carboxylic acids is 1. The molecular weight excluding hydrogens is 343 g/mol. The number of carboxylic acid groups (broad SMARTS) is 1. The minimum Gasteiger partial charge on any atom is -0.481 e. The van der Waals surface area contributed by atoms with Gasteiger partial charge in [0, 0.05) is 11.0 Å². The second kappa shape index (κ2) is 7.22. The Morgan fingerprint density at radius 3 is 2.25 bits per heavy atom. The Balaban J connectivity index is 2.47. The molecule has 0 aliphatic rings. The molecule has 0 aliphatic carbocycles. The first-order chi connectivity index (χ1) is 11.1. The van der Waals surface area contributed by atoms with Gasteiger partial charge in [0.1, 0.15) is 5.92 Å².